The van der Waals surface area contributed by atoms with Crippen molar-refractivity contribution in [1.29, 1.82) is 0 Å². The number of nitrogens with one attached hydrogen (secondary N) is 1. The summed E-state index contributed by atoms with van der Waals surface area (Å²) in [5.74, 6) is -0.140. The van der Waals surface area contributed by atoms with Gasteiger partial charge in [0, 0.05) is 11.7 Å². The van der Waals surface area contributed by atoms with E-state index >= 15 is 0 Å². The molecule has 0 unspecified atom stereocenters. The lowest BCUT2D eigenvalue weighted by atomic mass is 10.1. The van der Waals surface area contributed by atoms with Gasteiger partial charge in [0.25, 0.3) is 5.91 Å². The standard InChI is InChI=1S/C12H17ClN2O/c1-3-9(4-2)15-12(16)10-6-5-8(14)7-11(10)13/h5-7,9H,3-4,14H2,1-2H3,(H,15,16). The predicted molar refractivity (Wildman–Crippen MR) is 67.7 cm³/mol. The van der Waals surface area contributed by atoms with E-state index in [-0.39, 0.29) is 11.9 Å². The number of halogens is 1. The lowest BCUT2D eigenvalue weighted by Gasteiger charge is -2.15. The molecule has 0 fully saturated rings. The van der Waals surface area contributed by atoms with E-state index in [0.717, 1.165) is 12.8 Å². The summed E-state index contributed by atoms with van der Waals surface area (Å²) in [5.41, 5.74) is 6.60. The zero-order chi connectivity index (χ0) is 12.1. The van der Waals surface area contributed by atoms with E-state index in [2.05, 4.69) is 5.32 Å². The Morgan fingerprint density at radius 2 is 2.06 bits per heavy atom. The van der Waals surface area contributed by atoms with Gasteiger partial charge in [0.05, 0.1) is 10.6 Å². The summed E-state index contributed by atoms with van der Waals surface area (Å²) in [5, 5.41) is 3.32. The molecule has 0 aromatic heterocycles. The van der Waals surface area contributed by atoms with Crippen molar-refractivity contribution in [3.05, 3.63) is 28.8 Å². The highest BCUT2D eigenvalue weighted by Crippen LogP contribution is 2.19. The Morgan fingerprint density at radius 1 is 1.44 bits per heavy atom. The van der Waals surface area contributed by atoms with Crippen molar-refractivity contribution in [3.63, 3.8) is 0 Å². The second-order valence-corrected chi connectivity index (χ2v) is 4.13. The molecular formula is C12H17ClN2O. The number of benzene rings is 1. The highest BCUT2D eigenvalue weighted by molar-refractivity contribution is 6.34. The summed E-state index contributed by atoms with van der Waals surface area (Å²) >= 11 is 5.95. The molecule has 1 aromatic rings. The molecule has 0 aliphatic carbocycles. The average molecular weight is 241 g/mol. The van der Waals surface area contributed by atoms with Crippen LogP contribution in [0.15, 0.2) is 18.2 Å². The van der Waals surface area contributed by atoms with Crippen LogP contribution in [-0.2, 0) is 0 Å². The van der Waals surface area contributed by atoms with Crippen molar-refractivity contribution in [1.82, 2.24) is 5.32 Å². The monoisotopic (exact) mass is 240 g/mol. The first kappa shape index (κ1) is 12.8. The summed E-state index contributed by atoms with van der Waals surface area (Å²) in [6, 6.07) is 5.10. The number of nitrogens with two attached hydrogens (primary N) is 1. The molecule has 0 spiro atoms. The number of rotatable bonds is 4. The van der Waals surface area contributed by atoms with E-state index in [0.29, 0.717) is 16.3 Å². The fraction of sp³-hybridized carbons (Fsp3) is 0.417. The number of amides is 1. The van der Waals surface area contributed by atoms with Crippen LogP contribution in [0, 0.1) is 0 Å². The van der Waals surface area contributed by atoms with Gasteiger partial charge in [0.2, 0.25) is 0 Å². The number of hydrogen-bond acceptors (Lipinski definition) is 2. The lowest BCUT2D eigenvalue weighted by molar-refractivity contribution is 0.0935. The molecule has 1 amide bonds. The highest BCUT2D eigenvalue weighted by Gasteiger charge is 2.13. The molecule has 0 saturated heterocycles. The van der Waals surface area contributed by atoms with E-state index in [4.69, 9.17) is 17.3 Å². The number of anilines is 1. The lowest BCUT2D eigenvalue weighted by Crippen LogP contribution is -2.33. The SMILES string of the molecule is CCC(CC)NC(=O)c1ccc(N)cc1Cl. The molecule has 0 heterocycles. The summed E-state index contributed by atoms with van der Waals surface area (Å²) in [6.45, 7) is 4.08. The smallest absolute Gasteiger partial charge is 0.253 e. The largest absolute Gasteiger partial charge is 0.399 e. The molecule has 1 aromatic carbocycles. The molecule has 88 valence electrons. The number of carbonyl (C=O) groups is 1. The fourth-order valence-electron chi connectivity index (χ4n) is 1.47. The van der Waals surface area contributed by atoms with Gasteiger partial charge in [-0.25, -0.2) is 0 Å². The minimum absolute atomic E-state index is 0.140. The zero-order valence-electron chi connectivity index (χ0n) is 9.59. The van der Waals surface area contributed by atoms with Gasteiger partial charge >= 0.3 is 0 Å². The van der Waals surface area contributed by atoms with Gasteiger partial charge in [-0.1, -0.05) is 25.4 Å². The molecule has 0 aliphatic rings. The minimum Gasteiger partial charge on any atom is -0.399 e. The molecule has 0 saturated carbocycles. The van der Waals surface area contributed by atoms with E-state index in [1.807, 2.05) is 13.8 Å². The predicted octanol–water partition coefficient (Wildman–Crippen LogP) is 2.84. The van der Waals surface area contributed by atoms with Crippen LogP contribution in [0.25, 0.3) is 0 Å². The van der Waals surface area contributed by atoms with Gasteiger partial charge < -0.3 is 11.1 Å². The van der Waals surface area contributed by atoms with Crippen molar-refractivity contribution >= 4 is 23.2 Å². The second-order valence-electron chi connectivity index (χ2n) is 3.73. The van der Waals surface area contributed by atoms with Crippen LogP contribution in [0.5, 0.6) is 0 Å². The topological polar surface area (TPSA) is 55.1 Å². The molecule has 4 heteroatoms. The normalized spacial score (nSPS) is 10.5. The summed E-state index contributed by atoms with van der Waals surface area (Å²) in [4.78, 5) is 11.9. The first-order valence-corrected chi connectivity index (χ1v) is 5.82. The van der Waals surface area contributed by atoms with E-state index in [1.54, 1.807) is 18.2 Å². The third kappa shape index (κ3) is 3.14. The van der Waals surface area contributed by atoms with E-state index in [1.165, 1.54) is 0 Å². The average Bonchev–Trinajstić information content (AvgIpc) is 2.25. The van der Waals surface area contributed by atoms with Crippen LogP contribution in [0.2, 0.25) is 5.02 Å². The van der Waals surface area contributed by atoms with E-state index < -0.39 is 0 Å². The molecule has 0 atom stereocenters. The Hall–Kier alpha value is -1.22. The van der Waals surface area contributed by atoms with Crippen LogP contribution >= 0.6 is 11.6 Å². The van der Waals surface area contributed by atoms with Crippen LogP contribution < -0.4 is 11.1 Å². The first-order valence-electron chi connectivity index (χ1n) is 5.44. The Balaban J connectivity index is 2.80. The summed E-state index contributed by atoms with van der Waals surface area (Å²) in [7, 11) is 0. The number of carbonyl (C=O) groups excluding carboxylic acids is 1. The summed E-state index contributed by atoms with van der Waals surface area (Å²) < 4.78 is 0. The van der Waals surface area contributed by atoms with Crippen LogP contribution in [0.4, 0.5) is 5.69 Å². The third-order valence-corrected chi connectivity index (χ3v) is 2.87. The van der Waals surface area contributed by atoms with Crippen molar-refractivity contribution in [2.24, 2.45) is 0 Å². The third-order valence-electron chi connectivity index (χ3n) is 2.56. The Morgan fingerprint density at radius 3 is 2.56 bits per heavy atom. The fourth-order valence-corrected chi connectivity index (χ4v) is 1.75. The van der Waals surface area contributed by atoms with Crippen molar-refractivity contribution in [2.45, 2.75) is 32.7 Å². The molecule has 16 heavy (non-hydrogen) atoms. The van der Waals surface area contributed by atoms with Crippen LogP contribution in [0.1, 0.15) is 37.0 Å². The number of nitrogen functional groups attached to an aromatic ring is 1. The molecular weight excluding hydrogens is 224 g/mol. The van der Waals surface area contributed by atoms with E-state index in [9.17, 15) is 4.79 Å². The van der Waals surface area contributed by atoms with Gasteiger partial charge in [-0.3, -0.25) is 4.79 Å². The Bertz CT molecular complexity index is 375. The maximum absolute atomic E-state index is 11.9. The van der Waals surface area contributed by atoms with Crippen molar-refractivity contribution < 1.29 is 4.79 Å². The quantitative estimate of drug-likeness (QED) is 0.796. The molecule has 0 aliphatic heterocycles. The molecule has 0 radical (unpaired) electrons. The van der Waals surface area contributed by atoms with Gasteiger partial charge in [-0.05, 0) is 31.0 Å². The summed E-state index contributed by atoms with van der Waals surface area (Å²) in [6.07, 6.45) is 1.82. The first-order chi connectivity index (χ1) is 7.58. The van der Waals surface area contributed by atoms with Gasteiger partial charge in [0.15, 0.2) is 0 Å². The Labute approximate surface area is 101 Å². The van der Waals surface area contributed by atoms with Gasteiger partial charge in [0.1, 0.15) is 0 Å². The Kier molecular flexibility index (Phi) is 4.62. The number of hydrogen-bond donors (Lipinski definition) is 2. The van der Waals surface area contributed by atoms with Crippen LogP contribution in [0.3, 0.4) is 0 Å². The van der Waals surface area contributed by atoms with Gasteiger partial charge in [-0.15, -0.1) is 0 Å². The maximum Gasteiger partial charge on any atom is 0.253 e. The molecule has 3 nitrogen and oxygen atoms in total. The molecule has 1 rings (SSSR count). The zero-order valence-corrected chi connectivity index (χ0v) is 10.3. The van der Waals surface area contributed by atoms with Gasteiger partial charge in [-0.2, -0.15) is 0 Å². The van der Waals surface area contributed by atoms with Crippen molar-refractivity contribution in [2.75, 3.05) is 5.73 Å². The molecule has 0 bridgehead atoms. The minimum atomic E-state index is -0.140. The maximum atomic E-state index is 11.9. The van der Waals surface area contributed by atoms with Crippen molar-refractivity contribution in [3.8, 4) is 0 Å². The second kappa shape index (κ2) is 5.75. The molecule has 3 N–H and O–H groups in total. The van der Waals surface area contributed by atoms with Crippen LogP contribution in [-0.4, -0.2) is 11.9 Å². The highest BCUT2D eigenvalue weighted by atomic mass is 35.5.